The number of nitrogens with zero attached hydrogens (tertiary/aromatic N) is 1. The third-order valence-corrected chi connectivity index (χ3v) is 3.67. The van der Waals surface area contributed by atoms with Crippen LogP contribution >= 0.6 is 11.6 Å². The zero-order valence-electron chi connectivity index (χ0n) is 12.3. The number of halogens is 1. The summed E-state index contributed by atoms with van der Waals surface area (Å²) in [6.07, 6.45) is 4.44. The molecule has 1 N–H and O–H groups in total. The molecule has 0 radical (unpaired) electrons. The summed E-state index contributed by atoms with van der Waals surface area (Å²) in [5.41, 5.74) is 5.05. The predicted octanol–water partition coefficient (Wildman–Crippen LogP) is 4.25. The molecule has 1 aromatic carbocycles. The number of likely N-dealkylation sites (N-methyl/N-ethyl adjacent to an activating group) is 1. The van der Waals surface area contributed by atoms with E-state index in [1.54, 1.807) is 12.4 Å². The molecule has 106 valence electrons. The molecule has 1 heterocycles. The molecule has 2 nitrogen and oxygen atoms in total. The monoisotopic (exact) mass is 288 g/mol. The lowest BCUT2D eigenvalue weighted by atomic mass is 9.97. The van der Waals surface area contributed by atoms with Crippen LogP contribution in [0.4, 0.5) is 0 Å². The first-order chi connectivity index (χ1) is 9.60. The molecule has 2 rings (SSSR count). The molecule has 0 aliphatic rings. The first kappa shape index (κ1) is 15.0. The van der Waals surface area contributed by atoms with E-state index in [9.17, 15) is 0 Å². The lowest BCUT2D eigenvalue weighted by Gasteiger charge is -2.20. The van der Waals surface area contributed by atoms with Crippen molar-refractivity contribution in [1.29, 1.82) is 0 Å². The average molecular weight is 289 g/mol. The molecule has 2 aromatic rings. The first-order valence-electron chi connectivity index (χ1n) is 7.00. The zero-order valence-corrected chi connectivity index (χ0v) is 13.0. The highest BCUT2D eigenvalue weighted by atomic mass is 35.5. The van der Waals surface area contributed by atoms with E-state index >= 15 is 0 Å². The number of aromatic nitrogens is 1. The minimum atomic E-state index is 0.219. The van der Waals surface area contributed by atoms with Crippen molar-refractivity contribution in [1.82, 2.24) is 10.3 Å². The molecule has 0 amide bonds. The third kappa shape index (κ3) is 3.81. The Balaban J connectivity index is 2.28. The van der Waals surface area contributed by atoms with Crippen molar-refractivity contribution in [3.63, 3.8) is 0 Å². The number of nitrogens with one attached hydrogen (secondary N) is 1. The van der Waals surface area contributed by atoms with Crippen LogP contribution < -0.4 is 5.32 Å². The van der Waals surface area contributed by atoms with Crippen LogP contribution in [0.3, 0.4) is 0 Å². The maximum Gasteiger partial charge on any atom is 0.0637 e. The molecule has 1 unspecified atom stereocenters. The SMILES string of the molecule is CCNC(Cc1cc(C)cc(C)c1)c1ccncc1Cl. The summed E-state index contributed by atoms with van der Waals surface area (Å²) in [6.45, 7) is 7.30. The molecule has 0 aliphatic heterocycles. The molecular weight excluding hydrogens is 268 g/mol. The largest absolute Gasteiger partial charge is 0.310 e. The zero-order chi connectivity index (χ0) is 14.5. The van der Waals surface area contributed by atoms with Gasteiger partial charge < -0.3 is 5.32 Å². The van der Waals surface area contributed by atoms with Gasteiger partial charge in [0.05, 0.1) is 5.02 Å². The van der Waals surface area contributed by atoms with Gasteiger partial charge in [-0.05, 0) is 44.0 Å². The van der Waals surface area contributed by atoms with Crippen LogP contribution in [-0.2, 0) is 6.42 Å². The summed E-state index contributed by atoms with van der Waals surface area (Å²) >= 11 is 6.28. The molecule has 0 fully saturated rings. The van der Waals surface area contributed by atoms with E-state index in [2.05, 4.69) is 49.3 Å². The highest BCUT2D eigenvalue weighted by Gasteiger charge is 2.14. The summed E-state index contributed by atoms with van der Waals surface area (Å²) < 4.78 is 0. The smallest absolute Gasteiger partial charge is 0.0637 e. The van der Waals surface area contributed by atoms with Gasteiger partial charge in [0.25, 0.3) is 0 Å². The quantitative estimate of drug-likeness (QED) is 0.890. The molecule has 0 saturated heterocycles. The number of pyridine rings is 1. The molecule has 20 heavy (non-hydrogen) atoms. The van der Waals surface area contributed by atoms with E-state index in [-0.39, 0.29) is 6.04 Å². The Morgan fingerprint density at radius 1 is 1.20 bits per heavy atom. The summed E-state index contributed by atoms with van der Waals surface area (Å²) in [5.74, 6) is 0. The fourth-order valence-electron chi connectivity index (χ4n) is 2.63. The van der Waals surface area contributed by atoms with Gasteiger partial charge in [-0.3, -0.25) is 4.98 Å². The van der Waals surface area contributed by atoms with E-state index in [1.807, 2.05) is 6.07 Å². The molecule has 3 heteroatoms. The van der Waals surface area contributed by atoms with Gasteiger partial charge in [-0.25, -0.2) is 0 Å². The van der Waals surface area contributed by atoms with Gasteiger partial charge in [0.1, 0.15) is 0 Å². The maximum absolute atomic E-state index is 6.28. The van der Waals surface area contributed by atoms with Crippen molar-refractivity contribution in [3.8, 4) is 0 Å². The van der Waals surface area contributed by atoms with Crippen LogP contribution in [0.5, 0.6) is 0 Å². The normalized spacial score (nSPS) is 12.4. The fourth-order valence-corrected chi connectivity index (χ4v) is 2.88. The van der Waals surface area contributed by atoms with Crippen molar-refractivity contribution >= 4 is 11.6 Å². The van der Waals surface area contributed by atoms with Crippen LogP contribution in [0, 0.1) is 13.8 Å². The third-order valence-electron chi connectivity index (χ3n) is 3.35. The standard InChI is InChI=1S/C17H21ClN2/c1-4-20-17(15-5-6-19-11-16(15)18)10-14-8-12(2)7-13(3)9-14/h5-9,11,17,20H,4,10H2,1-3H3. The van der Waals surface area contributed by atoms with Gasteiger partial charge in [-0.15, -0.1) is 0 Å². The van der Waals surface area contributed by atoms with Crippen LogP contribution in [0.25, 0.3) is 0 Å². The molecule has 1 aromatic heterocycles. The fraction of sp³-hybridized carbons (Fsp3) is 0.353. The maximum atomic E-state index is 6.28. The number of rotatable bonds is 5. The topological polar surface area (TPSA) is 24.9 Å². The predicted molar refractivity (Wildman–Crippen MR) is 85.3 cm³/mol. The minimum Gasteiger partial charge on any atom is -0.310 e. The van der Waals surface area contributed by atoms with Gasteiger partial charge >= 0.3 is 0 Å². The summed E-state index contributed by atoms with van der Waals surface area (Å²) in [6, 6.07) is 8.90. The van der Waals surface area contributed by atoms with E-state index < -0.39 is 0 Å². The molecule has 0 bridgehead atoms. The molecule has 1 atom stereocenters. The van der Waals surface area contributed by atoms with E-state index in [4.69, 9.17) is 11.6 Å². The van der Waals surface area contributed by atoms with Crippen LogP contribution in [0.1, 0.15) is 35.2 Å². The van der Waals surface area contributed by atoms with Crippen molar-refractivity contribution in [2.45, 2.75) is 33.2 Å². The molecule has 0 saturated carbocycles. The van der Waals surface area contributed by atoms with Gasteiger partial charge in [-0.2, -0.15) is 0 Å². The number of hydrogen-bond acceptors (Lipinski definition) is 2. The first-order valence-corrected chi connectivity index (χ1v) is 7.38. The Labute approximate surface area is 126 Å². The van der Waals surface area contributed by atoms with Gasteiger partial charge in [0, 0.05) is 18.4 Å². The van der Waals surface area contributed by atoms with Crippen LogP contribution in [-0.4, -0.2) is 11.5 Å². The minimum absolute atomic E-state index is 0.219. The average Bonchev–Trinajstić information content (AvgIpc) is 2.37. The van der Waals surface area contributed by atoms with Crippen molar-refractivity contribution in [2.24, 2.45) is 0 Å². The lowest BCUT2D eigenvalue weighted by Crippen LogP contribution is -2.23. The van der Waals surface area contributed by atoms with Gasteiger partial charge in [-0.1, -0.05) is 47.9 Å². The Hall–Kier alpha value is -1.38. The van der Waals surface area contributed by atoms with E-state index in [0.29, 0.717) is 0 Å². The Morgan fingerprint density at radius 2 is 1.90 bits per heavy atom. The Kier molecular flexibility index (Phi) is 5.16. The Morgan fingerprint density at radius 3 is 2.50 bits per heavy atom. The highest BCUT2D eigenvalue weighted by Crippen LogP contribution is 2.25. The molecular formula is C17H21ClN2. The second-order valence-electron chi connectivity index (χ2n) is 5.21. The summed E-state index contributed by atoms with van der Waals surface area (Å²) in [4.78, 5) is 4.06. The van der Waals surface area contributed by atoms with Crippen LogP contribution in [0.2, 0.25) is 5.02 Å². The van der Waals surface area contributed by atoms with Crippen molar-refractivity contribution in [2.75, 3.05) is 6.54 Å². The van der Waals surface area contributed by atoms with Crippen molar-refractivity contribution < 1.29 is 0 Å². The molecule has 0 aliphatic carbocycles. The van der Waals surface area contributed by atoms with E-state index in [1.165, 1.54) is 16.7 Å². The van der Waals surface area contributed by atoms with Crippen molar-refractivity contribution in [3.05, 3.63) is 63.9 Å². The number of hydrogen-bond donors (Lipinski definition) is 1. The Bertz CT molecular complexity index is 561. The van der Waals surface area contributed by atoms with Gasteiger partial charge in [0.2, 0.25) is 0 Å². The second kappa shape index (κ2) is 6.87. The highest BCUT2D eigenvalue weighted by molar-refractivity contribution is 6.31. The number of benzene rings is 1. The molecule has 0 spiro atoms. The van der Waals surface area contributed by atoms with Crippen LogP contribution in [0.15, 0.2) is 36.7 Å². The summed E-state index contributed by atoms with van der Waals surface area (Å²) in [5, 5.41) is 4.24. The second-order valence-corrected chi connectivity index (χ2v) is 5.61. The summed E-state index contributed by atoms with van der Waals surface area (Å²) in [7, 11) is 0. The van der Waals surface area contributed by atoms with Gasteiger partial charge in [0.15, 0.2) is 0 Å². The number of aryl methyl sites for hydroxylation is 2. The lowest BCUT2D eigenvalue weighted by molar-refractivity contribution is 0.549. The van der Waals surface area contributed by atoms with E-state index in [0.717, 1.165) is 23.6 Å².